The number of rotatable bonds is 6. The van der Waals surface area contributed by atoms with Gasteiger partial charge in [-0.2, -0.15) is 0 Å². The monoisotopic (exact) mass is 478 g/mol. The highest BCUT2D eigenvalue weighted by molar-refractivity contribution is 7.80. The summed E-state index contributed by atoms with van der Waals surface area (Å²) >= 11 is 5.53. The van der Waals surface area contributed by atoms with E-state index < -0.39 is 18.5 Å². The molecule has 1 atom stereocenters. The molecule has 4 rings (SSSR count). The van der Waals surface area contributed by atoms with Crippen molar-refractivity contribution in [2.45, 2.75) is 38.2 Å². The molecular formula is C23H31FN4O4S. The molecule has 1 unspecified atom stereocenters. The molecule has 1 aliphatic carbocycles. The first-order chi connectivity index (χ1) is 16.0. The zero-order valence-corrected chi connectivity index (χ0v) is 19.5. The second-order valence-corrected chi connectivity index (χ2v) is 9.30. The van der Waals surface area contributed by atoms with E-state index in [2.05, 4.69) is 5.32 Å². The molecule has 10 heteroatoms. The fourth-order valence-corrected chi connectivity index (χ4v) is 5.10. The quantitative estimate of drug-likeness (QED) is 0.607. The Morgan fingerprint density at radius 3 is 2.58 bits per heavy atom. The molecule has 1 saturated carbocycles. The summed E-state index contributed by atoms with van der Waals surface area (Å²) in [5, 5.41) is 12.3. The SMILES string of the molecule is O=C(CO)N1CCN(c2ccc(N3CC(CNC(=S)C4CCCCC4)OC3=O)cc2F)CC1. The summed E-state index contributed by atoms with van der Waals surface area (Å²) in [6.45, 7) is 2.07. The lowest BCUT2D eigenvalue weighted by Gasteiger charge is -2.36. The number of carbonyl (C=O) groups excluding carboxylic acids is 2. The Morgan fingerprint density at radius 2 is 1.91 bits per heavy atom. The molecular weight excluding hydrogens is 447 g/mol. The highest BCUT2D eigenvalue weighted by Gasteiger charge is 2.33. The van der Waals surface area contributed by atoms with Gasteiger partial charge in [-0.3, -0.25) is 9.69 Å². The van der Waals surface area contributed by atoms with Crippen molar-refractivity contribution >= 4 is 40.6 Å². The topological polar surface area (TPSA) is 85.3 Å². The highest BCUT2D eigenvalue weighted by Crippen LogP contribution is 2.29. The molecule has 1 aromatic carbocycles. The molecule has 0 bridgehead atoms. The number of anilines is 2. The molecule has 3 fully saturated rings. The molecule has 2 heterocycles. The molecule has 1 aromatic rings. The summed E-state index contributed by atoms with van der Waals surface area (Å²) in [5.74, 6) is -0.337. The van der Waals surface area contributed by atoms with Gasteiger partial charge in [-0.1, -0.05) is 31.5 Å². The number of cyclic esters (lactones) is 1. The number of benzene rings is 1. The number of aliphatic hydroxyl groups is 1. The highest BCUT2D eigenvalue weighted by atomic mass is 32.1. The van der Waals surface area contributed by atoms with E-state index in [-0.39, 0.29) is 12.0 Å². The Balaban J connectivity index is 1.32. The fraction of sp³-hybridized carbons (Fsp3) is 0.609. The van der Waals surface area contributed by atoms with Crippen LogP contribution >= 0.6 is 12.2 Å². The lowest BCUT2D eigenvalue weighted by Crippen LogP contribution is -2.49. The lowest BCUT2D eigenvalue weighted by molar-refractivity contribution is -0.134. The number of hydrogen-bond acceptors (Lipinski definition) is 6. The van der Waals surface area contributed by atoms with Crippen molar-refractivity contribution in [3.8, 4) is 0 Å². The number of piperazine rings is 1. The standard InChI is InChI=1S/C23H31FN4O4S/c24-19-12-17(6-7-20(19)26-8-10-27(11-9-26)21(30)15-29)28-14-18(32-23(28)31)13-25-22(33)16-4-2-1-3-5-16/h6-7,12,16,18,29H,1-5,8-11,13-15H2,(H,25,33). The third-order valence-corrected chi connectivity index (χ3v) is 7.18. The van der Waals surface area contributed by atoms with E-state index in [0.29, 0.717) is 56.6 Å². The van der Waals surface area contributed by atoms with Crippen molar-refractivity contribution in [2.24, 2.45) is 5.92 Å². The summed E-state index contributed by atoms with van der Waals surface area (Å²) in [7, 11) is 0. The zero-order chi connectivity index (χ0) is 23.4. The normalized spacial score (nSPS) is 21.8. The predicted molar refractivity (Wildman–Crippen MR) is 127 cm³/mol. The van der Waals surface area contributed by atoms with Crippen LogP contribution in [0, 0.1) is 11.7 Å². The van der Waals surface area contributed by atoms with Gasteiger partial charge < -0.3 is 25.0 Å². The minimum Gasteiger partial charge on any atom is -0.442 e. The Labute approximate surface area is 198 Å². The van der Waals surface area contributed by atoms with Crippen LogP contribution in [-0.4, -0.2) is 79.0 Å². The third-order valence-electron chi connectivity index (χ3n) is 6.71. The van der Waals surface area contributed by atoms with Crippen molar-refractivity contribution in [2.75, 3.05) is 55.7 Å². The van der Waals surface area contributed by atoms with E-state index >= 15 is 0 Å². The van der Waals surface area contributed by atoms with Crippen LogP contribution in [0.4, 0.5) is 20.6 Å². The van der Waals surface area contributed by atoms with Gasteiger partial charge in [-0.15, -0.1) is 0 Å². The van der Waals surface area contributed by atoms with Gasteiger partial charge in [0.25, 0.3) is 0 Å². The number of thiocarbonyl (C=S) groups is 1. The molecule has 0 spiro atoms. The van der Waals surface area contributed by atoms with Crippen molar-refractivity contribution in [3.63, 3.8) is 0 Å². The van der Waals surface area contributed by atoms with Crippen LogP contribution in [0.3, 0.4) is 0 Å². The summed E-state index contributed by atoms with van der Waals surface area (Å²) in [4.78, 5) is 29.7. The van der Waals surface area contributed by atoms with Crippen LogP contribution in [0.5, 0.6) is 0 Å². The fourth-order valence-electron chi connectivity index (χ4n) is 4.78. The smallest absolute Gasteiger partial charge is 0.414 e. The number of amides is 2. The third kappa shape index (κ3) is 5.55. The molecule has 33 heavy (non-hydrogen) atoms. The number of hydrogen-bond donors (Lipinski definition) is 2. The first-order valence-electron chi connectivity index (χ1n) is 11.6. The maximum atomic E-state index is 14.9. The van der Waals surface area contributed by atoms with E-state index in [4.69, 9.17) is 22.1 Å². The van der Waals surface area contributed by atoms with E-state index in [1.807, 2.05) is 4.90 Å². The van der Waals surface area contributed by atoms with Crippen LogP contribution in [0.2, 0.25) is 0 Å². The number of nitrogens with one attached hydrogen (secondary N) is 1. The van der Waals surface area contributed by atoms with Gasteiger partial charge in [0.2, 0.25) is 5.91 Å². The Bertz CT molecular complexity index is 887. The van der Waals surface area contributed by atoms with Gasteiger partial charge in [0.15, 0.2) is 0 Å². The van der Waals surface area contributed by atoms with Crippen molar-refractivity contribution < 1.29 is 23.8 Å². The van der Waals surface area contributed by atoms with Crippen molar-refractivity contribution in [3.05, 3.63) is 24.0 Å². The van der Waals surface area contributed by atoms with E-state index in [9.17, 15) is 14.0 Å². The number of halogens is 1. The summed E-state index contributed by atoms with van der Waals surface area (Å²) in [6, 6.07) is 4.73. The molecule has 2 aliphatic heterocycles. The van der Waals surface area contributed by atoms with Gasteiger partial charge in [-0.05, 0) is 31.0 Å². The molecule has 2 amide bonds. The zero-order valence-electron chi connectivity index (χ0n) is 18.7. The van der Waals surface area contributed by atoms with Crippen LogP contribution in [0.1, 0.15) is 32.1 Å². The van der Waals surface area contributed by atoms with E-state index in [1.54, 1.807) is 17.0 Å². The van der Waals surface area contributed by atoms with Crippen LogP contribution in [0.15, 0.2) is 18.2 Å². The molecule has 0 radical (unpaired) electrons. The predicted octanol–water partition coefficient (Wildman–Crippen LogP) is 2.29. The maximum Gasteiger partial charge on any atom is 0.414 e. The van der Waals surface area contributed by atoms with Crippen LogP contribution in [-0.2, 0) is 9.53 Å². The van der Waals surface area contributed by atoms with Crippen LogP contribution in [0.25, 0.3) is 0 Å². The minimum absolute atomic E-state index is 0.318. The molecule has 2 saturated heterocycles. The summed E-state index contributed by atoms with van der Waals surface area (Å²) in [5.41, 5.74) is 0.881. The van der Waals surface area contributed by atoms with Gasteiger partial charge in [0, 0.05) is 32.1 Å². The van der Waals surface area contributed by atoms with Gasteiger partial charge >= 0.3 is 6.09 Å². The van der Waals surface area contributed by atoms with Gasteiger partial charge in [-0.25, -0.2) is 9.18 Å². The van der Waals surface area contributed by atoms with Crippen molar-refractivity contribution in [1.82, 2.24) is 10.2 Å². The molecule has 8 nitrogen and oxygen atoms in total. The Morgan fingerprint density at radius 1 is 1.18 bits per heavy atom. The number of ether oxygens (including phenoxy) is 1. The van der Waals surface area contributed by atoms with E-state index in [0.717, 1.165) is 17.8 Å². The summed E-state index contributed by atoms with van der Waals surface area (Å²) in [6.07, 6.45) is 5.06. The average Bonchev–Trinajstić information content (AvgIpc) is 3.23. The molecule has 3 aliphatic rings. The maximum absolute atomic E-state index is 14.9. The van der Waals surface area contributed by atoms with Gasteiger partial charge in [0.05, 0.1) is 29.5 Å². The molecule has 180 valence electrons. The Kier molecular flexibility index (Phi) is 7.64. The minimum atomic E-state index is -0.516. The van der Waals surface area contributed by atoms with Gasteiger partial charge in [0.1, 0.15) is 18.5 Å². The Hall–Kier alpha value is -2.46. The van der Waals surface area contributed by atoms with Crippen molar-refractivity contribution in [1.29, 1.82) is 0 Å². The lowest BCUT2D eigenvalue weighted by atomic mass is 9.89. The van der Waals surface area contributed by atoms with E-state index in [1.165, 1.54) is 30.2 Å². The number of carbonyl (C=O) groups is 2. The first kappa shape index (κ1) is 23.7. The second kappa shape index (κ2) is 10.6. The first-order valence-corrected chi connectivity index (χ1v) is 12.1. The molecule has 0 aromatic heterocycles. The molecule has 2 N–H and O–H groups in total. The summed E-state index contributed by atoms with van der Waals surface area (Å²) < 4.78 is 20.4. The van der Waals surface area contributed by atoms with Crippen LogP contribution < -0.4 is 15.1 Å². The number of aliphatic hydroxyl groups excluding tert-OH is 1. The number of nitrogens with zero attached hydrogens (tertiary/aromatic N) is 3. The average molecular weight is 479 g/mol. The second-order valence-electron chi connectivity index (χ2n) is 8.86. The largest absolute Gasteiger partial charge is 0.442 e.